The quantitative estimate of drug-likeness (QED) is 0.574. The van der Waals surface area contributed by atoms with E-state index in [4.69, 9.17) is 0 Å². The van der Waals surface area contributed by atoms with Gasteiger partial charge in [-0.05, 0) is 0 Å². The molecule has 0 aliphatic heterocycles. The first-order valence-corrected chi connectivity index (χ1v) is 7.89. The molecule has 0 radical (unpaired) electrons. The topological polar surface area (TPSA) is 110 Å². The number of hydrogen-bond donors (Lipinski definition) is 2. The van der Waals surface area contributed by atoms with Gasteiger partial charge >= 0.3 is 0 Å². The monoisotopic (exact) mass is 349 g/mol. The van der Waals surface area contributed by atoms with Crippen molar-refractivity contribution in [2.45, 2.75) is 6.54 Å². The van der Waals surface area contributed by atoms with Crippen LogP contribution in [0.5, 0.6) is 0 Å². The van der Waals surface area contributed by atoms with Crippen LogP contribution in [-0.4, -0.2) is 35.2 Å². The van der Waals surface area contributed by atoms with Crippen LogP contribution in [0.4, 0.5) is 5.82 Å². The summed E-state index contributed by atoms with van der Waals surface area (Å²) in [4.78, 5) is 35.2. The number of aromatic nitrogens is 6. The number of nitrogens with one attached hydrogen (secondary N) is 2. The Bertz CT molecular complexity index is 1140. The molecule has 0 saturated carbocycles. The van der Waals surface area contributed by atoms with Gasteiger partial charge in [0.25, 0.3) is 5.56 Å². The minimum atomic E-state index is -0.294. The van der Waals surface area contributed by atoms with Crippen molar-refractivity contribution in [1.29, 1.82) is 0 Å². The zero-order valence-electron chi connectivity index (χ0n) is 13.9. The first-order valence-electron chi connectivity index (χ1n) is 7.89. The van der Waals surface area contributed by atoms with E-state index in [1.165, 1.54) is 17.2 Å². The number of nitrogens with zero attached hydrogens (tertiary/aromatic N) is 5. The van der Waals surface area contributed by atoms with Gasteiger partial charge in [0.15, 0.2) is 5.65 Å². The Hall–Kier alpha value is -3.75. The maximum atomic E-state index is 12.5. The molecule has 0 bridgehead atoms. The molecule has 26 heavy (non-hydrogen) atoms. The Morgan fingerprint density at radius 1 is 1.23 bits per heavy atom. The largest absolute Gasteiger partial charge is 0.320 e. The van der Waals surface area contributed by atoms with Gasteiger partial charge in [0.05, 0.1) is 18.9 Å². The van der Waals surface area contributed by atoms with Crippen LogP contribution < -0.4 is 10.9 Å². The Morgan fingerprint density at radius 2 is 2.04 bits per heavy atom. The number of carbonyl (C=O) groups excluding carboxylic acids is 1. The minimum Gasteiger partial charge on any atom is -0.320 e. The van der Waals surface area contributed by atoms with E-state index < -0.39 is 0 Å². The van der Waals surface area contributed by atoms with Crippen molar-refractivity contribution < 1.29 is 4.79 Å². The van der Waals surface area contributed by atoms with Gasteiger partial charge in [-0.25, -0.2) is 14.6 Å². The fraction of sp³-hybridized carbons (Fsp3) is 0.118. The summed E-state index contributed by atoms with van der Waals surface area (Å²) in [5.74, 6) is 0.293. The van der Waals surface area contributed by atoms with Crippen LogP contribution in [0.15, 0.2) is 54.0 Å². The summed E-state index contributed by atoms with van der Waals surface area (Å²) in [5, 5.41) is 7.28. The fourth-order valence-electron chi connectivity index (χ4n) is 2.71. The molecule has 4 aromatic rings. The van der Waals surface area contributed by atoms with Crippen LogP contribution in [0, 0.1) is 0 Å². The maximum Gasteiger partial charge on any atom is 0.261 e. The summed E-state index contributed by atoms with van der Waals surface area (Å²) in [5.41, 5.74) is 1.65. The molecule has 130 valence electrons. The van der Waals surface area contributed by atoms with Gasteiger partial charge in [0.2, 0.25) is 5.91 Å². The highest BCUT2D eigenvalue weighted by Gasteiger charge is 2.16. The summed E-state index contributed by atoms with van der Waals surface area (Å²) in [6, 6.07) is 9.59. The molecular weight excluding hydrogens is 334 g/mol. The third kappa shape index (κ3) is 2.75. The van der Waals surface area contributed by atoms with E-state index in [2.05, 4.69) is 25.4 Å². The average Bonchev–Trinajstić information content (AvgIpc) is 3.21. The molecule has 9 nitrogen and oxygen atoms in total. The van der Waals surface area contributed by atoms with Crippen molar-refractivity contribution in [3.63, 3.8) is 0 Å². The number of aryl methyl sites for hydroxylation is 1. The lowest BCUT2D eigenvalue weighted by Gasteiger charge is -2.09. The van der Waals surface area contributed by atoms with Crippen LogP contribution in [0.25, 0.3) is 22.3 Å². The molecule has 0 atom stereocenters. The highest BCUT2D eigenvalue weighted by atomic mass is 16.2. The Balaban J connectivity index is 1.60. The molecular formula is C17H15N7O2. The first kappa shape index (κ1) is 15.8. The Labute approximate surface area is 147 Å². The number of H-pyrrole nitrogens is 1. The number of carbonyl (C=O) groups is 1. The number of imidazole rings is 1. The van der Waals surface area contributed by atoms with Crippen LogP contribution in [-0.2, 0) is 18.4 Å². The molecule has 2 N–H and O–H groups in total. The standard InChI is InChI=1S/C17H15N7O2/c1-23-10-20-14(11-5-3-2-4-6-11)16(23)22-13(25)8-24-15-12(7-21-24)17(26)19-9-18-15/h2-7,9-10H,8H2,1H3,(H,22,25)(H,18,19,26). The molecule has 0 aliphatic carbocycles. The lowest BCUT2D eigenvalue weighted by Crippen LogP contribution is -2.21. The minimum absolute atomic E-state index is 0.0701. The van der Waals surface area contributed by atoms with E-state index >= 15 is 0 Å². The second kappa shape index (κ2) is 6.28. The second-order valence-electron chi connectivity index (χ2n) is 5.74. The molecule has 1 amide bonds. The fourth-order valence-corrected chi connectivity index (χ4v) is 2.71. The van der Waals surface area contributed by atoms with E-state index in [-0.39, 0.29) is 18.0 Å². The van der Waals surface area contributed by atoms with Gasteiger partial charge < -0.3 is 14.9 Å². The molecule has 9 heteroatoms. The molecule has 0 saturated heterocycles. The predicted molar refractivity (Wildman–Crippen MR) is 95.4 cm³/mol. The summed E-state index contributed by atoms with van der Waals surface area (Å²) in [7, 11) is 1.81. The van der Waals surface area contributed by atoms with Gasteiger partial charge in [0, 0.05) is 12.6 Å². The highest BCUT2D eigenvalue weighted by molar-refractivity contribution is 5.94. The Morgan fingerprint density at radius 3 is 2.85 bits per heavy atom. The van der Waals surface area contributed by atoms with E-state index in [1.54, 1.807) is 17.9 Å². The summed E-state index contributed by atoms with van der Waals surface area (Å²) in [6.07, 6.45) is 4.33. The summed E-state index contributed by atoms with van der Waals surface area (Å²) >= 11 is 0. The second-order valence-corrected chi connectivity index (χ2v) is 5.74. The number of amides is 1. The number of benzene rings is 1. The van der Waals surface area contributed by atoms with Crippen molar-refractivity contribution in [3.8, 4) is 11.3 Å². The van der Waals surface area contributed by atoms with E-state index in [9.17, 15) is 9.59 Å². The molecule has 1 aromatic carbocycles. The van der Waals surface area contributed by atoms with Crippen molar-refractivity contribution in [2.75, 3.05) is 5.32 Å². The molecule has 0 unspecified atom stereocenters. The molecule has 3 aromatic heterocycles. The van der Waals surface area contributed by atoms with Crippen LogP contribution in [0.1, 0.15) is 0 Å². The Kier molecular flexibility index (Phi) is 3.81. The summed E-state index contributed by atoms with van der Waals surface area (Å²) < 4.78 is 3.13. The normalized spacial score (nSPS) is 11.0. The molecule has 3 heterocycles. The van der Waals surface area contributed by atoms with Crippen molar-refractivity contribution in [2.24, 2.45) is 7.05 Å². The zero-order valence-corrected chi connectivity index (χ0v) is 13.9. The third-order valence-corrected chi connectivity index (χ3v) is 3.97. The molecule has 0 fully saturated rings. The van der Waals surface area contributed by atoms with Crippen LogP contribution >= 0.6 is 0 Å². The maximum absolute atomic E-state index is 12.5. The smallest absolute Gasteiger partial charge is 0.261 e. The lowest BCUT2D eigenvalue weighted by atomic mass is 10.1. The van der Waals surface area contributed by atoms with Gasteiger partial charge in [-0.15, -0.1) is 0 Å². The van der Waals surface area contributed by atoms with Crippen molar-refractivity contribution >= 4 is 22.8 Å². The van der Waals surface area contributed by atoms with E-state index in [1.807, 2.05) is 30.3 Å². The predicted octanol–water partition coefficient (Wildman–Crippen LogP) is 1.16. The zero-order chi connectivity index (χ0) is 18.1. The number of aromatic amines is 1. The third-order valence-electron chi connectivity index (χ3n) is 3.97. The lowest BCUT2D eigenvalue weighted by molar-refractivity contribution is -0.116. The molecule has 0 spiro atoms. The van der Waals surface area contributed by atoms with E-state index in [0.717, 1.165) is 5.56 Å². The number of anilines is 1. The number of rotatable bonds is 4. The highest BCUT2D eigenvalue weighted by Crippen LogP contribution is 2.25. The van der Waals surface area contributed by atoms with Gasteiger partial charge in [-0.3, -0.25) is 9.59 Å². The van der Waals surface area contributed by atoms with Crippen molar-refractivity contribution in [3.05, 3.63) is 59.5 Å². The summed E-state index contributed by atoms with van der Waals surface area (Å²) in [6.45, 7) is -0.0701. The van der Waals surface area contributed by atoms with Crippen LogP contribution in [0.3, 0.4) is 0 Å². The first-order chi connectivity index (χ1) is 12.6. The average molecular weight is 349 g/mol. The van der Waals surface area contributed by atoms with Crippen molar-refractivity contribution in [1.82, 2.24) is 29.3 Å². The molecule has 0 aliphatic rings. The van der Waals surface area contributed by atoms with E-state index in [0.29, 0.717) is 22.5 Å². The number of hydrogen-bond acceptors (Lipinski definition) is 5. The number of fused-ring (bicyclic) bond motifs is 1. The molecule has 4 rings (SSSR count). The van der Waals surface area contributed by atoms with Gasteiger partial charge in [-0.2, -0.15) is 5.10 Å². The van der Waals surface area contributed by atoms with Gasteiger partial charge in [0.1, 0.15) is 23.4 Å². The van der Waals surface area contributed by atoms with Crippen LogP contribution in [0.2, 0.25) is 0 Å². The van der Waals surface area contributed by atoms with Gasteiger partial charge in [-0.1, -0.05) is 30.3 Å². The SMILES string of the molecule is Cn1cnc(-c2ccccc2)c1NC(=O)Cn1ncc2c(=O)[nH]cnc21.